The van der Waals surface area contributed by atoms with Crippen LogP contribution in [-0.2, 0) is 5.41 Å². The number of anilines is 2. The van der Waals surface area contributed by atoms with E-state index in [-0.39, 0.29) is 5.41 Å². The van der Waals surface area contributed by atoms with E-state index in [1.165, 1.54) is 33.4 Å². The molecule has 0 radical (unpaired) electrons. The third-order valence-electron chi connectivity index (χ3n) is 6.12. The summed E-state index contributed by atoms with van der Waals surface area (Å²) >= 11 is 0. The molecular weight excluding hydrogens is 338 g/mol. The normalized spacial score (nSPS) is 16.3. The van der Waals surface area contributed by atoms with Crippen molar-refractivity contribution in [2.75, 3.05) is 5.32 Å². The summed E-state index contributed by atoms with van der Waals surface area (Å²) in [5.41, 5.74) is 10.7. The van der Waals surface area contributed by atoms with Crippen LogP contribution in [0.2, 0.25) is 0 Å². The van der Waals surface area contributed by atoms with E-state index in [0.29, 0.717) is 0 Å². The Morgan fingerprint density at radius 1 is 0.786 bits per heavy atom. The molecule has 0 heterocycles. The first-order valence-electron chi connectivity index (χ1n) is 10.1. The van der Waals surface area contributed by atoms with Crippen LogP contribution in [-0.4, -0.2) is 0 Å². The van der Waals surface area contributed by atoms with E-state index in [1.54, 1.807) is 0 Å². The van der Waals surface area contributed by atoms with Gasteiger partial charge in [0, 0.05) is 16.8 Å². The second kappa shape index (κ2) is 6.53. The van der Waals surface area contributed by atoms with Crippen LogP contribution in [0.25, 0.3) is 16.7 Å². The molecule has 0 bridgehead atoms. The van der Waals surface area contributed by atoms with Crippen LogP contribution in [0.5, 0.6) is 0 Å². The van der Waals surface area contributed by atoms with Crippen molar-refractivity contribution >= 4 is 16.9 Å². The van der Waals surface area contributed by atoms with E-state index < -0.39 is 0 Å². The van der Waals surface area contributed by atoms with Gasteiger partial charge in [-0.15, -0.1) is 0 Å². The standard InChI is InChI=1S/C27H25N/c1-27(2)25-17-20(19-9-5-3-6-10-19)13-15-23(25)24-16-14-22(18-26(24)27)28-21-11-7-4-8-12-21/h3-5,7-9,11-18,28H,6,10H2,1-2H3. The maximum atomic E-state index is 3.54. The highest BCUT2D eigenvalue weighted by Gasteiger charge is 2.35. The summed E-state index contributed by atoms with van der Waals surface area (Å²) in [6, 6.07) is 24.2. The lowest BCUT2D eigenvalue weighted by Gasteiger charge is -2.23. The second-order valence-corrected chi connectivity index (χ2v) is 8.30. The van der Waals surface area contributed by atoms with Crippen molar-refractivity contribution < 1.29 is 0 Å². The molecule has 0 fully saturated rings. The van der Waals surface area contributed by atoms with Crippen LogP contribution in [0.1, 0.15) is 43.4 Å². The van der Waals surface area contributed by atoms with E-state index >= 15 is 0 Å². The molecule has 0 saturated heterocycles. The summed E-state index contributed by atoms with van der Waals surface area (Å²) in [6.07, 6.45) is 8.97. The van der Waals surface area contributed by atoms with Crippen LogP contribution < -0.4 is 5.32 Å². The first-order chi connectivity index (χ1) is 13.6. The van der Waals surface area contributed by atoms with E-state index in [2.05, 4.69) is 98.1 Å². The van der Waals surface area contributed by atoms with Crippen molar-refractivity contribution in [1.29, 1.82) is 0 Å². The van der Waals surface area contributed by atoms with Gasteiger partial charge in [0.05, 0.1) is 0 Å². The first kappa shape index (κ1) is 17.1. The Morgan fingerprint density at radius 3 is 2.29 bits per heavy atom. The summed E-state index contributed by atoms with van der Waals surface area (Å²) in [6.45, 7) is 4.70. The topological polar surface area (TPSA) is 12.0 Å². The highest BCUT2D eigenvalue weighted by atomic mass is 14.9. The Morgan fingerprint density at radius 2 is 1.54 bits per heavy atom. The summed E-state index contributed by atoms with van der Waals surface area (Å²) in [7, 11) is 0. The second-order valence-electron chi connectivity index (χ2n) is 8.30. The molecule has 0 atom stereocenters. The average molecular weight is 364 g/mol. The van der Waals surface area contributed by atoms with Gasteiger partial charge < -0.3 is 5.32 Å². The fraction of sp³-hybridized carbons (Fsp3) is 0.185. The number of hydrogen-bond acceptors (Lipinski definition) is 1. The van der Waals surface area contributed by atoms with E-state index in [4.69, 9.17) is 0 Å². The molecule has 0 aromatic heterocycles. The van der Waals surface area contributed by atoms with Crippen molar-refractivity contribution in [3.05, 3.63) is 102 Å². The van der Waals surface area contributed by atoms with Gasteiger partial charge in [0.25, 0.3) is 0 Å². The number of benzene rings is 3. The molecule has 28 heavy (non-hydrogen) atoms. The third-order valence-corrected chi connectivity index (χ3v) is 6.12. The Balaban J connectivity index is 1.55. The van der Waals surface area contributed by atoms with Gasteiger partial charge in [-0.2, -0.15) is 0 Å². The van der Waals surface area contributed by atoms with Crippen LogP contribution in [0.3, 0.4) is 0 Å². The quantitative estimate of drug-likeness (QED) is 0.509. The minimum atomic E-state index is 0.000120. The van der Waals surface area contributed by atoms with Crippen molar-refractivity contribution in [1.82, 2.24) is 0 Å². The molecule has 5 rings (SSSR count). The Labute approximate surface area is 167 Å². The lowest BCUT2D eigenvalue weighted by atomic mass is 9.81. The largest absolute Gasteiger partial charge is 0.356 e. The van der Waals surface area contributed by atoms with Gasteiger partial charge in [0.15, 0.2) is 0 Å². The number of fused-ring (bicyclic) bond motifs is 3. The van der Waals surface area contributed by atoms with E-state index in [1.807, 2.05) is 6.07 Å². The third kappa shape index (κ3) is 2.79. The number of hydrogen-bond donors (Lipinski definition) is 1. The van der Waals surface area contributed by atoms with Gasteiger partial charge in [-0.05, 0) is 76.6 Å². The average Bonchev–Trinajstić information content (AvgIpc) is 2.96. The van der Waals surface area contributed by atoms with Crippen LogP contribution in [0.4, 0.5) is 11.4 Å². The van der Waals surface area contributed by atoms with Gasteiger partial charge in [0.1, 0.15) is 0 Å². The highest BCUT2D eigenvalue weighted by molar-refractivity contribution is 5.85. The van der Waals surface area contributed by atoms with Crippen molar-refractivity contribution in [2.45, 2.75) is 32.1 Å². The molecule has 1 heteroatoms. The van der Waals surface area contributed by atoms with Gasteiger partial charge in [-0.25, -0.2) is 0 Å². The molecular formula is C27H25N. The maximum absolute atomic E-state index is 3.54. The maximum Gasteiger partial charge on any atom is 0.0387 e. The molecule has 2 aliphatic rings. The van der Waals surface area contributed by atoms with Crippen LogP contribution in [0, 0.1) is 0 Å². The fourth-order valence-electron chi connectivity index (χ4n) is 4.55. The fourth-order valence-corrected chi connectivity index (χ4v) is 4.55. The zero-order valence-electron chi connectivity index (χ0n) is 16.5. The minimum Gasteiger partial charge on any atom is -0.356 e. The lowest BCUT2D eigenvalue weighted by Crippen LogP contribution is -2.15. The lowest BCUT2D eigenvalue weighted by molar-refractivity contribution is 0.660. The number of nitrogens with one attached hydrogen (secondary N) is 1. The first-order valence-corrected chi connectivity index (χ1v) is 10.1. The monoisotopic (exact) mass is 363 g/mol. The molecule has 138 valence electrons. The zero-order valence-corrected chi connectivity index (χ0v) is 16.5. The number of para-hydroxylation sites is 1. The molecule has 0 saturated carbocycles. The Bertz CT molecular complexity index is 1100. The van der Waals surface area contributed by atoms with Crippen LogP contribution >= 0.6 is 0 Å². The molecule has 0 unspecified atom stereocenters. The van der Waals surface area contributed by atoms with Gasteiger partial charge in [0.2, 0.25) is 0 Å². The van der Waals surface area contributed by atoms with Gasteiger partial charge >= 0.3 is 0 Å². The van der Waals surface area contributed by atoms with E-state index in [9.17, 15) is 0 Å². The van der Waals surface area contributed by atoms with Gasteiger partial charge in [-0.1, -0.05) is 68.5 Å². The van der Waals surface area contributed by atoms with Crippen molar-refractivity contribution in [2.24, 2.45) is 0 Å². The highest BCUT2D eigenvalue weighted by Crippen LogP contribution is 2.50. The molecule has 3 aromatic carbocycles. The Hall–Kier alpha value is -3.06. The molecule has 0 amide bonds. The summed E-state index contributed by atoms with van der Waals surface area (Å²) in [5.74, 6) is 0. The van der Waals surface area contributed by atoms with Crippen LogP contribution in [0.15, 0.2) is 85.0 Å². The predicted octanol–water partition coefficient (Wildman–Crippen LogP) is 7.47. The molecule has 1 nitrogen and oxygen atoms in total. The SMILES string of the molecule is CC1(C)c2cc(Nc3ccccc3)ccc2-c2ccc(C3=CC=CCC3)cc21. The van der Waals surface area contributed by atoms with Gasteiger partial charge in [-0.3, -0.25) is 0 Å². The molecule has 0 spiro atoms. The zero-order chi connectivity index (χ0) is 19.1. The predicted molar refractivity (Wildman–Crippen MR) is 120 cm³/mol. The molecule has 3 aromatic rings. The van der Waals surface area contributed by atoms with Crippen molar-refractivity contribution in [3.8, 4) is 11.1 Å². The molecule has 1 N–H and O–H groups in total. The summed E-state index contributed by atoms with van der Waals surface area (Å²) in [5, 5.41) is 3.54. The number of allylic oxidation sites excluding steroid dienone is 4. The Kier molecular flexibility index (Phi) is 3.98. The number of rotatable bonds is 3. The summed E-state index contributed by atoms with van der Waals surface area (Å²) in [4.78, 5) is 0. The smallest absolute Gasteiger partial charge is 0.0387 e. The summed E-state index contributed by atoms with van der Waals surface area (Å²) < 4.78 is 0. The molecule has 0 aliphatic heterocycles. The minimum absolute atomic E-state index is 0.000120. The molecule has 2 aliphatic carbocycles. The van der Waals surface area contributed by atoms with E-state index in [0.717, 1.165) is 24.2 Å². The van der Waals surface area contributed by atoms with Crippen molar-refractivity contribution in [3.63, 3.8) is 0 Å².